The summed E-state index contributed by atoms with van der Waals surface area (Å²) in [4.78, 5) is 11.8. The van der Waals surface area contributed by atoms with Gasteiger partial charge in [0.25, 0.3) is 0 Å². The molecule has 1 rings (SSSR count). The van der Waals surface area contributed by atoms with E-state index in [1.165, 1.54) is 0 Å². The first-order valence-corrected chi connectivity index (χ1v) is 6.93. The van der Waals surface area contributed by atoms with Gasteiger partial charge < -0.3 is 11.1 Å². The number of thioether (sulfide) groups is 1. The predicted octanol–water partition coefficient (Wildman–Crippen LogP) is 3.66. The Morgan fingerprint density at radius 3 is 2.71 bits per heavy atom. The second-order valence-electron chi connectivity index (χ2n) is 3.44. The van der Waals surface area contributed by atoms with E-state index in [4.69, 9.17) is 28.9 Å². The van der Waals surface area contributed by atoms with Gasteiger partial charge in [-0.05, 0) is 24.8 Å². The van der Waals surface area contributed by atoms with Crippen LogP contribution in [0.2, 0.25) is 10.0 Å². The minimum absolute atomic E-state index is 0.118. The molecule has 0 spiro atoms. The van der Waals surface area contributed by atoms with Crippen LogP contribution in [0.1, 0.15) is 13.8 Å². The smallest absolute Gasteiger partial charge is 0.237 e. The van der Waals surface area contributed by atoms with Crippen molar-refractivity contribution in [2.24, 2.45) is 0 Å². The summed E-state index contributed by atoms with van der Waals surface area (Å²) in [7, 11) is 0. The fourth-order valence-electron chi connectivity index (χ4n) is 1.28. The molecule has 94 valence electrons. The van der Waals surface area contributed by atoms with Crippen molar-refractivity contribution in [3.63, 3.8) is 0 Å². The molecule has 6 heteroatoms. The van der Waals surface area contributed by atoms with Crippen LogP contribution in [0.5, 0.6) is 0 Å². The maximum Gasteiger partial charge on any atom is 0.237 e. The van der Waals surface area contributed by atoms with Crippen molar-refractivity contribution in [2.75, 3.05) is 16.8 Å². The van der Waals surface area contributed by atoms with Crippen LogP contribution in [0.15, 0.2) is 12.1 Å². The topological polar surface area (TPSA) is 55.1 Å². The predicted molar refractivity (Wildman–Crippen MR) is 77.1 cm³/mol. The number of hydrogen-bond acceptors (Lipinski definition) is 3. The highest BCUT2D eigenvalue weighted by atomic mass is 35.5. The molecule has 1 aromatic rings. The van der Waals surface area contributed by atoms with E-state index in [2.05, 4.69) is 5.32 Å². The number of benzene rings is 1. The number of nitrogens with one attached hydrogen (secondary N) is 1. The zero-order valence-corrected chi connectivity index (χ0v) is 11.9. The molecule has 3 N–H and O–H groups in total. The molecule has 0 saturated heterocycles. The highest BCUT2D eigenvalue weighted by Gasteiger charge is 2.16. The third kappa shape index (κ3) is 3.98. The molecule has 0 aromatic heterocycles. The van der Waals surface area contributed by atoms with Crippen molar-refractivity contribution < 1.29 is 4.79 Å². The molecular formula is C11H14Cl2N2OS. The van der Waals surface area contributed by atoms with Gasteiger partial charge in [0.1, 0.15) is 0 Å². The average molecular weight is 293 g/mol. The van der Waals surface area contributed by atoms with Crippen molar-refractivity contribution in [1.29, 1.82) is 0 Å². The Hall–Kier alpha value is -0.580. The molecule has 0 fully saturated rings. The van der Waals surface area contributed by atoms with Gasteiger partial charge in [-0.25, -0.2) is 0 Å². The van der Waals surface area contributed by atoms with Gasteiger partial charge in [0.15, 0.2) is 0 Å². The van der Waals surface area contributed by atoms with Crippen molar-refractivity contribution in [1.82, 2.24) is 0 Å². The van der Waals surface area contributed by atoms with Crippen LogP contribution in [-0.4, -0.2) is 16.9 Å². The van der Waals surface area contributed by atoms with Crippen LogP contribution < -0.4 is 11.1 Å². The maximum absolute atomic E-state index is 11.8. The third-order valence-electron chi connectivity index (χ3n) is 2.12. The van der Waals surface area contributed by atoms with Gasteiger partial charge >= 0.3 is 0 Å². The van der Waals surface area contributed by atoms with Crippen molar-refractivity contribution in [3.05, 3.63) is 22.2 Å². The number of anilines is 2. The summed E-state index contributed by atoms with van der Waals surface area (Å²) >= 11 is 13.3. The fraction of sp³-hybridized carbons (Fsp3) is 0.364. The molecule has 1 unspecified atom stereocenters. The number of halogens is 2. The standard InChI is InChI=1S/C11H14Cl2N2OS/c1-3-17-6(2)11(16)15-10-8(13)4-7(12)5-9(10)14/h4-6H,3,14H2,1-2H3,(H,15,16). The second-order valence-corrected chi connectivity index (χ2v) is 5.90. The molecule has 0 aliphatic rings. The third-order valence-corrected chi connectivity index (χ3v) is 3.68. The molecular weight excluding hydrogens is 279 g/mol. The zero-order valence-electron chi connectivity index (χ0n) is 9.59. The molecule has 17 heavy (non-hydrogen) atoms. The maximum atomic E-state index is 11.8. The van der Waals surface area contributed by atoms with E-state index in [-0.39, 0.29) is 11.2 Å². The summed E-state index contributed by atoms with van der Waals surface area (Å²) in [6, 6.07) is 3.10. The quantitative estimate of drug-likeness (QED) is 0.833. The van der Waals surface area contributed by atoms with Crippen LogP contribution in [0.3, 0.4) is 0 Å². The van der Waals surface area contributed by atoms with E-state index in [0.29, 0.717) is 21.4 Å². The summed E-state index contributed by atoms with van der Waals surface area (Å²) in [5, 5.41) is 3.36. The van der Waals surface area contributed by atoms with Crippen LogP contribution >= 0.6 is 35.0 Å². The lowest BCUT2D eigenvalue weighted by Gasteiger charge is -2.14. The van der Waals surface area contributed by atoms with Crippen LogP contribution in [-0.2, 0) is 4.79 Å². The van der Waals surface area contributed by atoms with Crippen LogP contribution in [0.25, 0.3) is 0 Å². The van der Waals surface area contributed by atoms with Gasteiger partial charge in [-0.1, -0.05) is 30.1 Å². The fourth-order valence-corrected chi connectivity index (χ4v) is 2.54. The zero-order chi connectivity index (χ0) is 13.0. The first kappa shape index (κ1) is 14.5. The Morgan fingerprint density at radius 2 is 2.18 bits per heavy atom. The number of nitrogen functional groups attached to an aromatic ring is 1. The van der Waals surface area contributed by atoms with Crippen molar-refractivity contribution in [2.45, 2.75) is 19.1 Å². The molecule has 0 aliphatic heterocycles. The van der Waals surface area contributed by atoms with Gasteiger partial charge in [-0.2, -0.15) is 0 Å². The van der Waals surface area contributed by atoms with Crippen molar-refractivity contribution in [3.8, 4) is 0 Å². The van der Waals surface area contributed by atoms with E-state index in [1.807, 2.05) is 13.8 Å². The number of nitrogens with two attached hydrogens (primary N) is 1. The van der Waals surface area contributed by atoms with Crippen LogP contribution in [0, 0.1) is 0 Å². The lowest BCUT2D eigenvalue weighted by molar-refractivity contribution is -0.115. The summed E-state index contributed by atoms with van der Waals surface area (Å²) in [5.41, 5.74) is 6.54. The second kappa shape index (κ2) is 6.38. The Balaban J connectivity index is 2.85. The summed E-state index contributed by atoms with van der Waals surface area (Å²) in [6.07, 6.45) is 0. The molecule has 0 aliphatic carbocycles. The monoisotopic (exact) mass is 292 g/mol. The first-order valence-electron chi connectivity index (χ1n) is 5.12. The van der Waals surface area contributed by atoms with Crippen LogP contribution in [0.4, 0.5) is 11.4 Å². The normalized spacial score (nSPS) is 12.2. The Kier molecular flexibility index (Phi) is 5.43. The minimum Gasteiger partial charge on any atom is -0.397 e. The van der Waals surface area contributed by atoms with E-state index >= 15 is 0 Å². The molecule has 3 nitrogen and oxygen atoms in total. The van der Waals surface area contributed by atoms with E-state index in [1.54, 1.807) is 23.9 Å². The molecule has 0 bridgehead atoms. The van der Waals surface area contributed by atoms with Gasteiger partial charge in [0.05, 0.1) is 21.6 Å². The molecule has 0 saturated carbocycles. The van der Waals surface area contributed by atoms with Gasteiger partial charge in [0, 0.05) is 5.02 Å². The Labute approximate surface area is 115 Å². The summed E-state index contributed by atoms with van der Waals surface area (Å²) < 4.78 is 0. The lowest BCUT2D eigenvalue weighted by Crippen LogP contribution is -2.23. The number of hydrogen-bond donors (Lipinski definition) is 2. The highest BCUT2D eigenvalue weighted by Crippen LogP contribution is 2.32. The van der Waals surface area contributed by atoms with E-state index in [0.717, 1.165) is 5.75 Å². The molecule has 1 aromatic carbocycles. The van der Waals surface area contributed by atoms with Crippen molar-refractivity contribution >= 4 is 52.2 Å². The number of carbonyl (C=O) groups is 1. The van der Waals surface area contributed by atoms with Gasteiger partial charge in [0.2, 0.25) is 5.91 Å². The SMILES string of the molecule is CCSC(C)C(=O)Nc1c(N)cc(Cl)cc1Cl. The first-order chi connectivity index (χ1) is 7.95. The summed E-state index contributed by atoms with van der Waals surface area (Å²) in [6.45, 7) is 3.83. The lowest BCUT2D eigenvalue weighted by atomic mass is 10.2. The Morgan fingerprint density at radius 1 is 1.53 bits per heavy atom. The number of amides is 1. The molecule has 1 amide bonds. The molecule has 0 radical (unpaired) electrons. The average Bonchev–Trinajstić information content (AvgIpc) is 2.23. The summed E-state index contributed by atoms with van der Waals surface area (Å²) in [5.74, 6) is 0.756. The number of rotatable bonds is 4. The van der Waals surface area contributed by atoms with E-state index in [9.17, 15) is 4.79 Å². The largest absolute Gasteiger partial charge is 0.397 e. The molecule has 1 atom stereocenters. The van der Waals surface area contributed by atoms with E-state index < -0.39 is 0 Å². The van der Waals surface area contributed by atoms with Gasteiger partial charge in [-0.3, -0.25) is 4.79 Å². The van der Waals surface area contributed by atoms with Gasteiger partial charge in [-0.15, -0.1) is 11.8 Å². The highest BCUT2D eigenvalue weighted by molar-refractivity contribution is 8.00. The number of carbonyl (C=O) groups excluding carboxylic acids is 1. The molecule has 0 heterocycles. The minimum atomic E-state index is -0.147. The Bertz CT molecular complexity index is 403.